The Morgan fingerprint density at radius 1 is 0.415 bits per heavy atom. The summed E-state index contributed by atoms with van der Waals surface area (Å²) >= 11 is 5.19. The number of benzene rings is 8. The van der Waals surface area contributed by atoms with Crippen molar-refractivity contribution in [2.75, 3.05) is 92.5 Å². The van der Waals surface area contributed by atoms with E-state index >= 15 is 0 Å². The zero-order chi connectivity index (χ0) is 87.1. The lowest BCUT2D eigenvalue weighted by atomic mass is 9.86. The third-order valence-corrected chi connectivity index (χ3v) is 28.7. The van der Waals surface area contributed by atoms with Gasteiger partial charge in [0, 0.05) is 115 Å². The number of carbonyl (C=O) groups excluding carboxylic acids is 4. The van der Waals surface area contributed by atoms with Gasteiger partial charge in [-0.25, -0.2) is 55.2 Å². The van der Waals surface area contributed by atoms with Crippen molar-refractivity contribution in [3.63, 3.8) is 0 Å². The highest BCUT2D eigenvalue weighted by Crippen LogP contribution is 2.62. The number of thioether (sulfide) groups is 4. The van der Waals surface area contributed by atoms with Crippen LogP contribution in [0.1, 0.15) is 119 Å². The first-order valence-electron chi connectivity index (χ1n) is 40.7. The molecule has 0 aromatic heterocycles. The van der Waals surface area contributed by atoms with Gasteiger partial charge in [0.2, 0.25) is 23.6 Å². The number of carbonyl (C=O) groups is 4. The van der Waals surface area contributed by atoms with E-state index in [1.807, 2.05) is 111 Å². The molecule has 8 unspecified atom stereocenters. The number of hydrogen-bond donors (Lipinski definition) is 3. The highest BCUT2D eigenvalue weighted by Gasteiger charge is 2.61. The number of hydrazone groups is 4. The van der Waals surface area contributed by atoms with Crippen LogP contribution in [0.4, 0.5) is 35.1 Å². The van der Waals surface area contributed by atoms with Crippen LogP contribution in [-0.4, -0.2) is 167 Å². The highest BCUT2D eigenvalue weighted by atomic mass is 32.2. The Hall–Kier alpha value is -9.84. The fraction of sp³-hybridized carbons (Fsp3) is 0.378. The van der Waals surface area contributed by atoms with Gasteiger partial charge in [0.1, 0.15) is 89.7 Å². The molecule has 8 aromatic carbocycles. The maximum absolute atomic E-state index is 14.7. The highest BCUT2D eigenvalue weighted by molar-refractivity contribution is 8.16. The van der Waals surface area contributed by atoms with E-state index in [9.17, 15) is 54.3 Å². The average Bonchev–Trinajstić information content (AvgIpc) is 1.63. The summed E-state index contributed by atoms with van der Waals surface area (Å²) in [7, 11) is 1.86. The van der Waals surface area contributed by atoms with E-state index in [2.05, 4.69) is 55.1 Å². The van der Waals surface area contributed by atoms with E-state index in [1.54, 1.807) is 0 Å². The van der Waals surface area contributed by atoms with Gasteiger partial charge in [-0.05, 0) is 163 Å². The predicted molar refractivity (Wildman–Crippen MR) is 462 cm³/mol. The quantitative estimate of drug-likeness (QED) is 0.0538. The molecule has 0 saturated carbocycles. The van der Waals surface area contributed by atoms with Crippen molar-refractivity contribution in [2.24, 2.45) is 44.1 Å². The van der Waals surface area contributed by atoms with Crippen LogP contribution in [0.5, 0.6) is 23.0 Å². The Morgan fingerprint density at radius 2 is 0.699 bits per heavy atom. The fourth-order valence-electron chi connectivity index (χ4n) is 16.7. The molecule has 0 bridgehead atoms. The van der Waals surface area contributed by atoms with Crippen LogP contribution in [-0.2, 0) is 43.4 Å². The van der Waals surface area contributed by atoms with Crippen LogP contribution in [0.15, 0.2) is 190 Å². The lowest BCUT2D eigenvalue weighted by Gasteiger charge is -2.45. The summed E-state index contributed by atoms with van der Waals surface area (Å²) in [6, 6.07) is 43.6. The van der Waals surface area contributed by atoms with Gasteiger partial charge in [-0.1, -0.05) is 141 Å². The Balaban J connectivity index is 0.000000134. The van der Waals surface area contributed by atoms with Crippen LogP contribution < -0.4 is 34.9 Å². The van der Waals surface area contributed by atoms with Gasteiger partial charge >= 0.3 is 0 Å². The lowest BCUT2D eigenvalue weighted by Crippen LogP contribution is -2.51. The molecule has 1 fully saturated rings. The Bertz CT molecular complexity index is 5410. The molecule has 648 valence electrons. The summed E-state index contributed by atoms with van der Waals surface area (Å²) in [4.78, 5) is 49.8. The number of amides is 4. The summed E-state index contributed by atoms with van der Waals surface area (Å²) in [5.74, 6) is -3.32. The molecule has 1 saturated heterocycles. The minimum absolute atomic E-state index is 0.0504. The van der Waals surface area contributed by atoms with Crippen molar-refractivity contribution in [3.8, 4) is 23.0 Å². The zero-order valence-corrected chi connectivity index (χ0v) is 72.2. The molecular weight excluding hydrogens is 1670 g/mol. The van der Waals surface area contributed by atoms with Crippen molar-refractivity contribution >= 4 is 90.9 Å². The molecule has 21 nitrogen and oxygen atoms in total. The second-order valence-electron chi connectivity index (χ2n) is 30.8. The molecule has 9 aliphatic rings. The van der Waals surface area contributed by atoms with E-state index in [0.29, 0.717) is 75.2 Å². The van der Waals surface area contributed by atoms with Crippen molar-refractivity contribution in [1.29, 1.82) is 0 Å². The number of para-hydroxylation sites is 4. The predicted octanol–water partition coefficient (Wildman–Crippen LogP) is 16.1. The van der Waals surface area contributed by atoms with Crippen molar-refractivity contribution < 1.29 is 78.0 Å². The third kappa shape index (κ3) is 18.1. The molecule has 8 aromatic rings. The van der Waals surface area contributed by atoms with E-state index in [1.165, 1.54) is 94.8 Å². The standard InChI is InChI=1S/C24H25F2N3O3S.C23H25F2N3O2S.C22H23F2N3O2S.C21H21F2N3O2S/c1-16(30)29-24(33-23(27-29)19-14-18(25)6-7-21(19)26)17(8-9-28-10-12-31-13-11-28)15-32-22-5-3-2-4-20(22)24;1-14(2)26-11-10-16-13-30-21-7-5-4-6-19(21)23(16)28(15(3)29)27-22(31-23)18-12-17(24)8-9-20(18)25;1-3-25-11-10-15-13-29-20-7-5-4-6-18(20)22(15)27(14(2)28)26-21(30-22)17-12-16(23)8-9-19(17)24;1-13(27)26-21(29-20(25-26)16-11-15(22)7-8-18(16)23)14(9-10-24-2)12-28-19-6-4-3-5-17(19)21/h2-7,14,17H,8-13,15H2,1H3;4-9,12,14,16,26H,10-11,13H2,1-3H3;4-9,12,15,25H,3,10-11,13H2,1-2H3;3-8,11,14,24H,9-10,12H2,1-2H3. The van der Waals surface area contributed by atoms with Gasteiger partial charge in [0.25, 0.3) is 0 Å². The second-order valence-corrected chi connectivity index (χ2v) is 35.7. The molecule has 17 rings (SSSR count). The van der Waals surface area contributed by atoms with Crippen molar-refractivity contribution in [3.05, 3.63) is 261 Å². The summed E-state index contributed by atoms with van der Waals surface area (Å²) in [6.45, 7) is 20.5. The van der Waals surface area contributed by atoms with Crippen molar-refractivity contribution in [1.82, 2.24) is 40.9 Å². The van der Waals surface area contributed by atoms with Crippen LogP contribution in [0.2, 0.25) is 0 Å². The molecule has 33 heteroatoms. The summed E-state index contributed by atoms with van der Waals surface area (Å²) in [6.07, 6.45) is 2.92. The van der Waals surface area contributed by atoms with Crippen LogP contribution >= 0.6 is 47.0 Å². The number of nitrogens with zero attached hydrogens (tertiary/aromatic N) is 9. The average molecular weight is 1770 g/mol. The molecule has 0 radical (unpaired) electrons. The monoisotopic (exact) mass is 1770 g/mol. The normalized spacial score (nSPS) is 23.3. The van der Waals surface area contributed by atoms with Gasteiger partial charge in [-0.2, -0.15) is 20.4 Å². The Kier molecular flexibility index (Phi) is 28.2. The van der Waals surface area contributed by atoms with E-state index < -0.39 is 66.0 Å². The largest absolute Gasteiger partial charge is 0.493 e. The molecule has 4 spiro atoms. The van der Waals surface area contributed by atoms with Crippen molar-refractivity contribution in [2.45, 2.75) is 99.7 Å². The first kappa shape index (κ1) is 89.4. The first-order valence-corrected chi connectivity index (χ1v) is 44.0. The maximum atomic E-state index is 14.7. The Morgan fingerprint density at radius 3 is 0.984 bits per heavy atom. The molecule has 3 N–H and O–H groups in total. The molecular formula is C90H94F8N12O9S4. The van der Waals surface area contributed by atoms with Gasteiger partial charge < -0.3 is 39.6 Å². The van der Waals surface area contributed by atoms with Crippen LogP contribution in [0.3, 0.4) is 0 Å². The summed E-state index contributed by atoms with van der Waals surface area (Å²) < 4.78 is 143. The SMILES string of the molecule is CC(=O)N1N=C(c2cc(F)ccc2F)SC12c1ccccc1OCC2CCN1CCOCC1.CC(=O)N1N=C(c2cc(F)ccc2F)SC12c1ccccc1OCC2CCNC(C)C.CCNCCC1COc2ccccc2C12SC(c1cc(F)ccc1F)=NN2C(C)=O.CNCCC1COc2ccccc2C12SC(c1cc(F)ccc1F)=NN2C(C)=O. The Labute approximate surface area is 725 Å². The van der Waals surface area contributed by atoms with Crippen LogP contribution in [0, 0.1) is 70.2 Å². The maximum Gasteiger partial charge on any atom is 0.241 e. The number of ether oxygens (including phenoxy) is 5. The topological polar surface area (TPSA) is 216 Å². The number of halogens is 8. The first-order chi connectivity index (χ1) is 59.2. The van der Waals surface area contributed by atoms with E-state index in [-0.39, 0.29) is 89.7 Å². The number of morpholine rings is 1. The molecule has 9 aliphatic heterocycles. The smallest absolute Gasteiger partial charge is 0.241 e. The third-order valence-electron chi connectivity index (χ3n) is 22.5. The number of fused-ring (bicyclic) bond motifs is 8. The van der Waals surface area contributed by atoms with Gasteiger partial charge in [-0.3, -0.25) is 24.1 Å². The summed E-state index contributed by atoms with van der Waals surface area (Å²) in [5, 5.41) is 34.7. The van der Waals surface area contributed by atoms with Gasteiger partial charge in [0.15, 0.2) is 19.5 Å². The number of hydrogen-bond acceptors (Lipinski definition) is 21. The minimum Gasteiger partial charge on any atom is -0.493 e. The number of rotatable bonds is 18. The molecule has 0 aliphatic carbocycles. The molecule has 8 atom stereocenters. The molecule has 4 amide bonds. The van der Waals surface area contributed by atoms with Gasteiger partial charge in [-0.15, -0.1) is 0 Å². The van der Waals surface area contributed by atoms with Gasteiger partial charge in [0.05, 0.1) is 39.6 Å². The zero-order valence-electron chi connectivity index (χ0n) is 68.9. The van der Waals surface area contributed by atoms with Crippen LogP contribution in [0.25, 0.3) is 0 Å². The molecule has 9 heterocycles. The number of nitrogens with one attached hydrogen (secondary N) is 3. The fourth-order valence-corrected chi connectivity index (χ4v) is 23.0. The summed E-state index contributed by atoms with van der Waals surface area (Å²) in [5.41, 5.74) is 3.46. The minimum atomic E-state index is -0.902. The lowest BCUT2D eigenvalue weighted by molar-refractivity contribution is -0.135. The second kappa shape index (κ2) is 38.7. The molecule has 123 heavy (non-hydrogen) atoms. The van der Waals surface area contributed by atoms with E-state index in [4.69, 9.17) is 23.7 Å². The van der Waals surface area contributed by atoms with E-state index in [0.717, 1.165) is 160 Å².